The summed E-state index contributed by atoms with van der Waals surface area (Å²) in [6, 6.07) is 6.07. The van der Waals surface area contributed by atoms with Gasteiger partial charge in [0, 0.05) is 22.8 Å². The minimum atomic E-state index is 0.766. The van der Waals surface area contributed by atoms with Crippen molar-refractivity contribution in [3.05, 3.63) is 46.5 Å². The van der Waals surface area contributed by atoms with Crippen molar-refractivity contribution in [3.63, 3.8) is 0 Å². The fraction of sp³-hybridized carbons (Fsp3) is 0.400. The lowest BCUT2D eigenvalue weighted by Crippen LogP contribution is -2.12. The summed E-state index contributed by atoms with van der Waals surface area (Å²) in [5.41, 5.74) is 4.89. The number of rotatable bonds is 3. The van der Waals surface area contributed by atoms with Gasteiger partial charge in [0.1, 0.15) is 0 Å². The second-order valence-corrected chi connectivity index (χ2v) is 5.39. The summed E-state index contributed by atoms with van der Waals surface area (Å²) >= 11 is 6.33. The van der Waals surface area contributed by atoms with Gasteiger partial charge in [0.2, 0.25) is 0 Å². The molecule has 4 heteroatoms. The quantitative estimate of drug-likeness (QED) is 0.933. The van der Waals surface area contributed by atoms with Crippen LogP contribution in [0.3, 0.4) is 0 Å². The van der Waals surface area contributed by atoms with Crippen LogP contribution in [0.4, 0.5) is 0 Å². The highest BCUT2D eigenvalue weighted by Crippen LogP contribution is 2.28. The van der Waals surface area contributed by atoms with Gasteiger partial charge in [-0.05, 0) is 44.9 Å². The normalized spacial score (nSPS) is 14.4. The average Bonchev–Trinajstić information content (AvgIpc) is 2.85. The molecule has 0 atom stereocenters. The SMILES string of the molecule is CNCc1c(Cl)cccc1-n1cnc2c1CCCC2. The van der Waals surface area contributed by atoms with Crippen LogP contribution in [-0.2, 0) is 19.4 Å². The van der Waals surface area contributed by atoms with Crippen molar-refractivity contribution in [1.29, 1.82) is 0 Å². The zero-order valence-corrected chi connectivity index (χ0v) is 11.9. The zero-order chi connectivity index (χ0) is 13.2. The Morgan fingerprint density at radius 2 is 2.16 bits per heavy atom. The largest absolute Gasteiger partial charge is 0.316 e. The number of fused-ring (bicyclic) bond motifs is 1. The first-order valence-corrected chi connectivity index (χ1v) is 7.16. The van der Waals surface area contributed by atoms with E-state index >= 15 is 0 Å². The molecule has 2 aromatic rings. The summed E-state index contributed by atoms with van der Waals surface area (Å²) in [7, 11) is 1.94. The fourth-order valence-corrected chi connectivity index (χ4v) is 3.04. The summed E-state index contributed by atoms with van der Waals surface area (Å²) in [4.78, 5) is 4.56. The van der Waals surface area contributed by atoms with Gasteiger partial charge in [-0.2, -0.15) is 0 Å². The van der Waals surface area contributed by atoms with Crippen LogP contribution in [0.15, 0.2) is 24.5 Å². The number of hydrogen-bond donors (Lipinski definition) is 1. The van der Waals surface area contributed by atoms with E-state index in [-0.39, 0.29) is 0 Å². The van der Waals surface area contributed by atoms with E-state index in [4.69, 9.17) is 11.6 Å². The molecule has 0 saturated carbocycles. The number of benzene rings is 1. The predicted octanol–water partition coefficient (Wildman–Crippen LogP) is 3.12. The van der Waals surface area contributed by atoms with E-state index in [2.05, 4.69) is 20.9 Å². The second-order valence-electron chi connectivity index (χ2n) is 4.98. The fourth-order valence-electron chi connectivity index (χ4n) is 2.80. The van der Waals surface area contributed by atoms with Crippen molar-refractivity contribution in [2.24, 2.45) is 0 Å². The van der Waals surface area contributed by atoms with E-state index in [1.54, 1.807) is 0 Å². The van der Waals surface area contributed by atoms with Gasteiger partial charge in [-0.15, -0.1) is 0 Å². The Morgan fingerprint density at radius 1 is 1.32 bits per heavy atom. The molecule has 3 nitrogen and oxygen atoms in total. The molecule has 1 aromatic carbocycles. The van der Waals surface area contributed by atoms with Crippen molar-refractivity contribution in [2.75, 3.05) is 7.05 Å². The maximum atomic E-state index is 6.33. The summed E-state index contributed by atoms with van der Waals surface area (Å²) in [6.45, 7) is 0.766. The molecule has 0 spiro atoms. The van der Waals surface area contributed by atoms with Crippen molar-refractivity contribution in [1.82, 2.24) is 14.9 Å². The lowest BCUT2D eigenvalue weighted by Gasteiger charge is -2.17. The average molecular weight is 276 g/mol. The summed E-state index contributed by atoms with van der Waals surface area (Å²) in [5, 5.41) is 4.00. The summed E-state index contributed by atoms with van der Waals surface area (Å²) in [5.74, 6) is 0. The van der Waals surface area contributed by atoms with Gasteiger partial charge in [-0.25, -0.2) is 4.98 Å². The molecule has 0 amide bonds. The van der Waals surface area contributed by atoms with Gasteiger partial charge in [-0.3, -0.25) is 0 Å². The molecule has 19 heavy (non-hydrogen) atoms. The van der Waals surface area contributed by atoms with Crippen LogP contribution in [0, 0.1) is 0 Å². The number of imidazole rings is 1. The van der Waals surface area contributed by atoms with Crippen LogP contribution in [0.25, 0.3) is 5.69 Å². The number of aromatic nitrogens is 2. The molecule has 100 valence electrons. The molecule has 1 aromatic heterocycles. The highest BCUT2D eigenvalue weighted by atomic mass is 35.5. The smallest absolute Gasteiger partial charge is 0.0997 e. The molecule has 0 unspecified atom stereocenters. The molecular formula is C15H18ClN3. The number of aryl methyl sites for hydroxylation is 1. The highest BCUT2D eigenvalue weighted by molar-refractivity contribution is 6.31. The first-order chi connectivity index (χ1) is 9.31. The Labute approximate surface area is 118 Å². The van der Waals surface area contributed by atoms with E-state index < -0.39 is 0 Å². The van der Waals surface area contributed by atoms with Gasteiger partial charge in [-0.1, -0.05) is 17.7 Å². The Morgan fingerprint density at radius 3 is 3.00 bits per heavy atom. The molecule has 0 radical (unpaired) electrons. The van der Waals surface area contributed by atoms with Crippen LogP contribution in [-0.4, -0.2) is 16.6 Å². The van der Waals surface area contributed by atoms with Crippen LogP contribution in [0.5, 0.6) is 0 Å². The van der Waals surface area contributed by atoms with E-state index in [0.717, 1.165) is 35.7 Å². The standard InChI is InChI=1S/C15H18ClN3/c1-17-9-11-12(16)5-4-8-14(11)19-10-18-13-6-2-3-7-15(13)19/h4-5,8,10,17H,2-3,6-7,9H2,1H3. The van der Waals surface area contributed by atoms with E-state index in [1.165, 1.54) is 24.2 Å². The third-order valence-corrected chi connectivity index (χ3v) is 4.09. The van der Waals surface area contributed by atoms with Crippen LogP contribution >= 0.6 is 11.6 Å². The van der Waals surface area contributed by atoms with E-state index in [0.29, 0.717) is 0 Å². The van der Waals surface area contributed by atoms with Gasteiger partial charge < -0.3 is 9.88 Å². The van der Waals surface area contributed by atoms with Gasteiger partial charge in [0.15, 0.2) is 0 Å². The number of hydrogen-bond acceptors (Lipinski definition) is 2. The monoisotopic (exact) mass is 275 g/mol. The molecule has 1 aliphatic rings. The van der Waals surface area contributed by atoms with Gasteiger partial charge in [0.25, 0.3) is 0 Å². The summed E-state index contributed by atoms with van der Waals surface area (Å²) in [6.07, 6.45) is 6.66. The van der Waals surface area contributed by atoms with Crippen molar-refractivity contribution in [3.8, 4) is 5.69 Å². The predicted molar refractivity (Wildman–Crippen MR) is 78.0 cm³/mol. The molecule has 3 rings (SSSR count). The molecule has 0 fully saturated rings. The van der Waals surface area contributed by atoms with Crippen molar-refractivity contribution < 1.29 is 0 Å². The Balaban J connectivity index is 2.11. The van der Waals surface area contributed by atoms with Crippen molar-refractivity contribution in [2.45, 2.75) is 32.2 Å². The van der Waals surface area contributed by atoms with Crippen LogP contribution < -0.4 is 5.32 Å². The first-order valence-electron chi connectivity index (χ1n) is 6.78. The molecular weight excluding hydrogens is 258 g/mol. The summed E-state index contributed by atoms with van der Waals surface area (Å²) < 4.78 is 2.22. The van der Waals surface area contributed by atoms with Gasteiger partial charge in [0.05, 0.1) is 17.7 Å². The lowest BCUT2D eigenvalue weighted by atomic mass is 10.0. The maximum absolute atomic E-state index is 6.33. The molecule has 0 bridgehead atoms. The topological polar surface area (TPSA) is 29.9 Å². The third-order valence-electron chi connectivity index (χ3n) is 3.74. The molecule has 0 aliphatic heterocycles. The number of nitrogens with one attached hydrogen (secondary N) is 1. The number of nitrogens with zero attached hydrogens (tertiary/aromatic N) is 2. The minimum Gasteiger partial charge on any atom is -0.316 e. The maximum Gasteiger partial charge on any atom is 0.0997 e. The first kappa shape index (κ1) is 12.7. The molecule has 1 heterocycles. The molecule has 0 saturated heterocycles. The Hall–Kier alpha value is -1.32. The van der Waals surface area contributed by atoms with E-state index in [1.807, 2.05) is 25.5 Å². The van der Waals surface area contributed by atoms with Gasteiger partial charge >= 0.3 is 0 Å². The molecule has 1 N–H and O–H groups in total. The van der Waals surface area contributed by atoms with Crippen LogP contribution in [0.2, 0.25) is 5.02 Å². The van der Waals surface area contributed by atoms with Crippen LogP contribution in [0.1, 0.15) is 29.8 Å². The molecule has 1 aliphatic carbocycles. The lowest BCUT2D eigenvalue weighted by molar-refractivity contribution is 0.654. The minimum absolute atomic E-state index is 0.766. The number of halogens is 1. The zero-order valence-electron chi connectivity index (χ0n) is 11.1. The third kappa shape index (κ3) is 2.28. The second kappa shape index (κ2) is 5.35. The Bertz CT molecular complexity index is 589. The van der Waals surface area contributed by atoms with E-state index in [9.17, 15) is 0 Å². The Kier molecular flexibility index (Phi) is 3.58. The van der Waals surface area contributed by atoms with Crippen molar-refractivity contribution >= 4 is 11.6 Å². The highest BCUT2D eigenvalue weighted by Gasteiger charge is 2.18.